The summed E-state index contributed by atoms with van der Waals surface area (Å²) in [6.07, 6.45) is 0.274. The number of fused-ring (bicyclic) bond motifs is 1. The first-order chi connectivity index (χ1) is 14.5. The lowest BCUT2D eigenvalue weighted by Crippen LogP contribution is -2.34. The number of benzene rings is 2. The van der Waals surface area contributed by atoms with Gasteiger partial charge in [-0.3, -0.25) is 9.59 Å². The summed E-state index contributed by atoms with van der Waals surface area (Å²) in [5.74, 6) is 1.76. The van der Waals surface area contributed by atoms with Crippen molar-refractivity contribution in [3.05, 3.63) is 53.6 Å². The van der Waals surface area contributed by atoms with Gasteiger partial charge in [-0.05, 0) is 50.0 Å². The number of Topliss-reactive ketones (excluding diaryl/α,β-unsaturated/α-hetero) is 1. The minimum absolute atomic E-state index is 0.0216. The molecule has 2 aromatic carbocycles. The van der Waals surface area contributed by atoms with E-state index in [1.807, 2.05) is 43.3 Å². The smallest absolute Gasteiger partial charge is 0.220 e. The van der Waals surface area contributed by atoms with Crippen LogP contribution in [0.5, 0.6) is 17.2 Å². The van der Waals surface area contributed by atoms with Gasteiger partial charge in [-0.1, -0.05) is 12.1 Å². The monoisotopic (exact) mass is 412 g/mol. The van der Waals surface area contributed by atoms with E-state index in [2.05, 4.69) is 5.32 Å². The highest BCUT2D eigenvalue weighted by Crippen LogP contribution is 2.31. The summed E-state index contributed by atoms with van der Waals surface area (Å²) in [6, 6.07) is 12.9. The molecule has 7 nitrogen and oxygen atoms in total. The number of nitrogens with one attached hydrogen (secondary N) is 1. The fraction of sp³-hybridized carbons (Fsp3) is 0.391. The lowest BCUT2D eigenvalue weighted by Gasteiger charge is -2.25. The van der Waals surface area contributed by atoms with E-state index in [1.54, 1.807) is 25.3 Å². The van der Waals surface area contributed by atoms with Crippen molar-refractivity contribution in [1.29, 1.82) is 0 Å². The Bertz CT molecular complexity index is 880. The highest BCUT2D eigenvalue weighted by Gasteiger charge is 2.18. The van der Waals surface area contributed by atoms with Crippen LogP contribution in [0.15, 0.2) is 42.5 Å². The molecule has 2 aromatic rings. The number of amides is 1. The number of hydrogen-bond acceptors (Lipinski definition) is 6. The minimum atomic E-state index is -0.152. The highest BCUT2D eigenvalue weighted by atomic mass is 16.6. The molecule has 0 aromatic heterocycles. The number of ether oxygens (including phenoxy) is 3. The molecule has 7 heteroatoms. The normalized spacial score (nSPS) is 13.6. The van der Waals surface area contributed by atoms with E-state index in [4.69, 9.17) is 14.2 Å². The van der Waals surface area contributed by atoms with Crippen LogP contribution in [0.4, 0.5) is 0 Å². The summed E-state index contributed by atoms with van der Waals surface area (Å²) >= 11 is 0. The van der Waals surface area contributed by atoms with Gasteiger partial charge in [0.2, 0.25) is 5.91 Å². The Morgan fingerprint density at radius 1 is 1.03 bits per heavy atom. The molecule has 0 saturated heterocycles. The van der Waals surface area contributed by atoms with Crippen molar-refractivity contribution in [3.63, 3.8) is 0 Å². The molecule has 0 fully saturated rings. The summed E-state index contributed by atoms with van der Waals surface area (Å²) in [4.78, 5) is 26.8. The molecule has 160 valence electrons. The quantitative estimate of drug-likeness (QED) is 0.639. The molecule has 0 radical (unpaired) electrons. The van der Waals surface area contributed by atoms with E-state index < -0.39 is 0 Å². The van der Waals surface area contributed by atoms with Crippen LogP contribution in [-0.4, -0.2) is 57.6 Å². The second kappa shape index (κ2) is 10.1. The molecule has 30 heavy (non-hydrogen) atoms. The number of hydrogen-bond donors (Lipinski definition) is 1. The lowest BCUT2D eigenvalue weighted by molar-refractivity contribution is -0.121. The molecule has 1 aliphatic rings. The van der Waals surface area contributed by atoms with Crippen molar-refractivity contribution in [2.24, 2.45) is 0 Å². The van der Waals surface area contributed by atoms with Crippen LogP contribution in [0.2, 0.25) is 0 Å². The van der Waals surface area contributed by atoms with Gasteiger partial charge < -0.3 is 24.4 Å². The van der Waals surface area contributed by atoms with Crippen molar-refractivity contribution >= 4 is 11.7 Å². The van der Waals surface area contributed by atoms with Crippen LogP contribution in [0.3, 0.4) is 0 Å². The first kappa shape index (κ1) is 21.6. The molecule has 0 bridgehead atoms. The third kappa shape index (κ3) is 5.51. The van der Waals surface area contributed by atoms with Gasteiger partial charge in [-0.2, -0.15) is 0 Å². The van der Waals surface area contributed by atoms with Gasteiger partial charge in [0, 0.05) is 24.9 Å². The summed E-state index contributed by atoms with van der Waals surface area (Å²) in [5, 5.41) is 2.94. The van der Waals surface area contributed by atoms with E-state index in [9.17, 15) is 9.59 Å². The van der Waals surface area contributed by atoms with Gasteiger partial charge in [0.05, 0.1) is 13.2 Å². The number of ketones is 1. The van der Waals surface area contributed by atoms with E-state index in [0.717, 1.165) is 11.3 Å². The van der Waals surface area contributed by atoms with Gasteiger partial charge in [-0.25, -0.2) is 0 Å². The number of rotatable bonds is 9. The summed E-state index contributed by atoms with van der Waals surface area (Å²) in [5.41, 5.74) is 1.60. The Balaban J connectivity index is 1.51. The third-order valence-corrected chi connectivity index (χ3v) is 5.06. The maximum Gasteiger partial charge on any atom is 0.220 e. The first-order valence-electron chi connectivity index (χ1n) is 9.98. The second-order valence-electron chi connectivity index (χ2n) is 7.34. The molecule has 3 rings (SSSR count). The van der Waals surface area contributed by atoms with Crippen LogP contribution in [0.1, 0.15) is 34.8 Å². The Morgan fingerprint density at radius 3 is 2.40 bits per heavy atom. The summed E-state index contributed by atoms with van der Waals surface area (Å²) in [7, 11) is 5.56. The third-order valence-electron chi connectivity index (χ3n) is 5.06. The van der Waals surface area contributed by atoms with Crippen LogP contribution in [0.25, 0.3) is 0 Å². The largest absolute Gasteiger partial charge is 0.497 e. The Labute approximate surface area is 176 Å². The topological polar surface area (TPSA) is 77.1 Å². The summed E-state index contributed by atoms with van der Waals surface area (Å²) in [6.45, 7) is 1.43. The van der Waals surface area contributed by atoms with E-state index >= 15 is 0 Å². The second-order valence-corrected chi connectivity index (χ2v) is 7.34. The zero-order valence-corrected chi connectivity index (χ0v) is 17.6. The fourth-order valence-corrected chi connectivity index (χ4v) is 3.31. The van der Waals surface area contributed by atoms with Crippen LogP contribution < -0.4 is 19.5 Å². The number of likely N-dealkylation sites (N-methyl/N-ethyl adjacent to an activating group) is 1. The Kier molecular flexibility index (Phi) is 7.30. The standard InChI is InChI=1S/C23H28N2O5/c1-25(2)19(16-4-7-18(28-3)8-5-16)15-24-23(27)11-9-20(26)17-6-10-21-22(14-17)30-13-12-29-21/h4-8,10,14,19H,9,11-13,15H2,1-3H3,(H,24,27). The molecule has 1 aliphatic heterocycles. The van der Waals surface area contributed by atoms with Crippen molar-refractivity contribution in [2.45, 2.75) is 18.9 Å². The van der Waals surface area contributed by atoms with Crippen LogP contribution >= 0.6 is 0 Å². The molecule has 1 N–H and O–H groups in total. The Hall–Kier alpha value is -3.06. The van der Waals surface area contributed by atoms with Crippen LogP contribution in [0, 0.1) is 0 Å². The van der Waals surface area contributed by atoms with Gasteiger partial charge in [0.1, 0.15) is 19.0 Å². The molecule has 0 saturated carbocycles. The molecule has 1 unspecified atom stereocenters. The highest BCUT2D eigenvalue weighted by molar-refractivity contribution is 5.98. The summed E-state index contributed by atoms with van der Waals surface area (Å²) < 4.78 is 16.2. The average Bonchev–Trinajstić information content (AvgIpc) is 2.77. The average molecular weight is 412 g/mol. The van der Waals surface area contributed by atoms with Gasteiger partial charge in [0.15, 0.2) is 17.3 Å². The molecule has 0 aliphatic carbocycles. The zero-order valence-electron chi connectivity index (χ0n) is 17.6. The molecule has 1 heterocycles. The minimum Gasteiger partial charge on any atom is -0.497 e. The molecule has 1 amide bonds. The Morgan fingerprint density at radius 2 is 1.73 bits per heavy atom. The zero-order chi connectivity index (χ0) is 21.5. The van der Waals surface area contributed by atoms with E-state index in [-0.39, 0.29) is 30.6 Å². The van der Waals surface area contributed by atoms with Gasteiger partial charge in [-0.15, -0.1) is 0 Å². The molecule has 0 spiro atoms. The maximum absolute atomic E-state index is 12.5. The van der Waals surface area contributed by atoms with Gasteiger partial charge >= 0.3 is 0 Å². The first-order valence-corrected chi connectivity index (χ1v) is 9.98. The number of carbonyl (C=O) groups is 2. The number of carbonyl (C=O) groups excluding carboxylic acids is 2. The van der Waals surface area contributed by atoms with Crippen molar-refractivity contribution in [2.75, 3.05) is 41.0 Å². The van der Waals surface area contributed by atoms with Crippen molar-refractivity contribution < 1.29 is 23.8 Å². The fourth-order valence-electron chi connectivity index (χ4n) is 3.31. The molecule has 1 atom stereocenters. The van der Waals surface area contributed by atoms with E-state index in [1.165, 1.54) is 0 Å². The van der Waals surface area contributed by atoms with E-state index in [0.29, 0.717) is 36.8 Å². The predicted molar refractivity (Wildman–Crippen MR) is 113 cm³/mol. The van der Waals surface area contributed by atoms with Gasteiger partial charge in [0.25, 0.3) is 0 Å². The molecular formula is C23H28N2O5. The van der Waals surface area contributed by atoms with Crippen LogP contribution in [-0.2, 0) is 4.79 Å². The lowest BCUT2D eigenvalue weighted by atomic mass is 10.0. The number of nitrogens with zero attached hydrogens (tertiary/aromatic N) is 1. The molecular weight excluding hydrogens is 384 g/mol. The van der Waals surface area contributed by atoms with Crippen molar-refractivity contribution in [3.8, 4) is 17.2 Å². The SMILES string of the molecule is COc1ccc(C(CNC(=O)CCC(=O)c2ccc3c(c2)OCCO3)N(C)C)cc1. The number of methoxy groups -OCH3 is 1. The van der Waals surface area contributed by atoms with Crippen molar-refractivity contribution in [1.82, 2.24) is 10.2 Å². The maximum atomic E-state index is 12.5. The predicted octanol–water partition coefficient (Wildman–Crippen LogP) is 2.85.